The lowest BCUT2D eigenvalue weighted by atomic mass is 10.1. The Balaban J connectivity index is 1.56. The van der Waals surface area contributed by atoms with Gasteiger partial charge in [0.05, 0.1) is 0 Å². The second kappa shape index (κ2) is 8.33. The minimum absolute atomic E-state index is 0.0433. The first-order chi connectivity index (χ1) is 12.6. The van der Waals surface area contributed by atoms with Gasteiger partial charge >= 0.3 is 0 Å². The maximum absolute atomic E-state index is 11.6. The van der Waals surface area contributed by atoms with E-state index in [0.29, 0.717) is 18.1 Å². The first-order valence-corrected chi connectivity index (χ1v) is 9.65. The number of aryl methyl sites for hydroxylation is 1. The van der Waals surface area contributed by atoms with E-state index >= 15 is 0 Å². The molecule has 0 aliphatic carbocycles. The second-order valence-electron chi connectivity index (χ2n) is 5.88. The normalized spacial score (nSPS) is 10.8. The number of benzene rings is 1. The summed E-state index contributed by atoms with van der Waals surface area (Å²) >= 11 is 6.66. The van der Waals surface area contributed by atoms with E-state index in [1.807, 2.05) is 31.2 Å². The standard InChI is InChI=1S/C17H20N6OS2/c1-3-4-5-14(24)19-16(25)18-10-12-6-8-13(9-7-12)15-22-23-11(2)20-21-17(23)26-15/h6-9H,3-5,10H2,1-2H3,(H2,18,19,24,25). The van der Waals surface area contributed by atoms with Crippen molar-refractivity contribution < 1.29 is 4.79 Å². The Hall–Kier alpha value is -2.39. The van der Waals surface area contributed by atoms with Crippen molar-refractivity contribution in [3.63, 3.8) is 0 Å². The van der Waals surface area contributed by atoms with Crippen LogP contribution >= 0.6 is 23.6 Å². The smallest absolute Gasteiger partial charge is 0.234 e. The lowest BCUT2D eigenvalue weighted by Crippen LogP contribution is -2.38. The minimum Gasteiger partial charge on any atom is -0.358 e. The summed E-state index contributed by atoms with van der Waals surface area (Å²) in [5.41, 5.74) is 2.09. The summed E-state index contributed by atoms with van der Waals surface area (Å²) in [5, 5.41) is 19.6. The zero-order valence-corrected chi connectivity index (χ0v) is 16.3. The number of amides is 1. The molecule has 136 valence electrons. The Morgan fingerprint density at radius 3 is 2.73 bits per heavy atom. The van der Waals surface area contributed by atoms with Gasteiger partial charge in [0.1, 0.15) is 5.01 Å². The predicted octanol–water partition coefficient (Wildman–Crippen LogP) is 2.84. The summed E-state index contributed by atoms with van der Waals surface area (Å²) < 4.78 is 1.75. The van der Waals surface area contributed by atoms with Gasteiger partial charge in [-0.05, 0) is 31.1 Å². The molecule has 3 aromatic rings. The molecule has 9 heteroatoms. The fourth-order valence-electron chi connectivity index (χ4n) is 2.35. The van der Waals surface area contributed by atoms with Crippen molar-refractivity contribution in [2.45, 2.75) is 39.7 Å². The number of hydrogen-bond acceptors (Lipinski definition) is 6. The van der Waals surface area contributed by atoms with Crippen molar-refractivity contribution in [1.29, 1.82) is 0 Å². The van der Waals surface area contributed by atoms with E-state index in [4.69, 9.17) is 12.2 Å². The summed E-state index contributed by atoms with van der Waals surface area (Å²) in [7, 11) is 0. The molecule has 0 unspecified atom stereocenters. The average molecular weight is 389 g/mol. The molecule has 0 saturated heterocycles. The molecule has 1 amide bonds. The van der Waals surface area contributed by atoms with Gasteiger partial charge in [-0.25, -0.2) is 0 Å². The molecule has 0 saturated carbocycles. The first-order valence-electron chi connectivity index (χ1n) is 8.42. The molecule has 26 heavy (non-hydrogen) atoms. The highest BCUT2D eigenvalue weighted by Crippen LogP contribution is 2.25. The van der Waals surface area contributed by atoms with Gasteiger partial charge < -0.3 is 10.6 Å². The third kappa shape index (κ3) is 4.41. The molecule has 0 aliphatic heterocycles. The summed E-state index contributed by atoms with van der Waals surface area (Å²) in [6, 6.07) is 8.06. The van der Waals surface area contributed by atoms with Gasteiger partial charge in [-0.15, -0.1) is 10.2 Å². The lowest BCUT2D eigenvalue weighted by molar-refractivity contribution is -0.119. The number of carbonyl (C=O) groups is 1. The number of thiocarbonyl (C=S) groups is 1. The lowest BCUT2D eigenvalue weighted by Gasteiger charge is -2.09. The van der Waals surface area contributed by atoms with Crippen molar-refractivity contribution in [3.8, 4) is 10.6 Å². The molecule has 0 bridgehead atoms. The highest BCUT2D eigenvalue weighted by molar-refractivity contribution is 7.80. The molecule has 0 aliphatic rings. The number of nitrogens with zero attached hydrogens (tertiary/aromatic N) is 4. The quantitative estimate of drug-likeness (QED) is 0.632. The molecular weight excluding hydrogens is 368 g/mol. The molecule has 1 aromatic carbocycles. The molecule has 0 radical (unpaired) electrons. The van der Waals surface area contributed by atoms with Crippen LogP contribution in [0.3, 0.4) is 0 Å². The van der Waals surface area contributed by atoms with Crippen molar-refractivity contribution in [1.82, 2.24) is 30.4 Å². The number of hydrogen-bond donors (Lipinski definition) is 2. The first kappa shape index (κ1) is 18.4. The molecule has 3 rings (SSSR count). The van der Waals surface area contributed by atoms with Gasteiger partial charge in [-0.1, -0.05) is 48.9 Å². The predicted molar refractivity (Wildman–Crippen MR) is 106 cm³/mol. The van der Waals surface area contributed by atoms with Crippen LogP contribution in [0.4, 0.5) is 0 Å². The number of aromatic nitrogens is 4. The fourth-order valence-corrected chi connectivity index (χ4v) is 3.43. The van der Waals surface area contributed by atoms with Crippen LogP contribution in [0.5, 0.6) is 0 Å². The zero-order chi connectivity index (χ0) is 18.5. The largest absolute Gasteiger partial charge is 0.358 e. The molecule has 2 heterocycles. The topological polar surface area (TPSA) is 84.2 Å². The van der Waals surface area contributed by atoms with E-state index in [-0.39, 0.29) is 5.91 Å². The third-order valence-corrected chi connectivity index (χ3v) is 5.01. The number of rotatable bonds is 6. The number of carbonyl (C=O) groups excluding carboxylic acids is 1. The van der Waals surface area contributed by atoms with Crippen LogP contribution in [-0.4, -0.2) is 30.8 Å². The number of unbranched alkanes of at least 4 members (excludes halogenated alkanes) is 1. The molecular formula is C17H20N6OS2. The van der Waals surface area contributed by atoms with Gasteiger partial charge in [0.2, 0.25) is 10.9 Å². The SMILES string of the molecule is CCCCC(=O)NC(=S)NCc1ccc(-c2nn3c(C)nnc3s2)cc1. The van der Waals surface area contributed by atoms with Gasteiger partial charge in [-0.3, -0.25) is 4.79 Å². The average Bonchev–Trinajstić information content (AvgIpc) is 3.21. The van der Waals surface area contributed by atoms with Crippen molar-refractivity contribution in [2.75, 3.05) is 0 Å². The highest BCUT2D eigenvalue weighted by atomic mass is 32.1. The van der Waals surface area contributed by atoms with Crippen LogP contribution in [0.25, 0.3) is 15.5 Å². The molecule has 2 N–H and O–H groups in total. The van der Waals surface area contributed by atoms with E-state index in [9.17, 15) is 4.79 Å². The van der Waals surface area contributed by atoms with Crippen LogP contribution in [0.1, 0.15) is 37.6 Å². The minimum atomic E-state index is -0.0433. The molecule has 0 fully saturated rings. The maximum atomic E-state index is 11.6. The van der Waals surface area contributed by atoms with Crippen molar-refractivity contribution in [2.24, 2.45) is 0 Å². The van der Waals surface area contributed by atoms with E-state index in [1.165, 1.54) is 11.3 Å². The summed E-state index contributed by atoms with van der Waals surface area (Å²) in [6.45, 7) is 4.48. The monoisotopic (exact) mass is 388 g/mol. The molecule has 0 atom stereocenters. The highest BCUT2D eigenvalue weighted by Gasteiger charge is 2.10. The zero-order valence-electron chi connectivity index (χ0n) is 14.7. The fraction of sp³-hybridized carbons (Fsp3) is 0.353. The van der Waals surface area contributed by atoms with Crippen LogP contribution in [0.2, 0.25) is 0 Å². The Bertz CT molecular complexity index is 915. The summed E-state index contributed by atoms with van der Waals surface area (Å²) in [4.78, 5) is 12.4. The Labute approximate surface area is 160 Å². The summed E-state index contributed by atoms with van der Waals surface area (Å²) in [5.74, 6) is 0.732. The summed E-state index contributed by atoms with van der Waals surface area (Å²) in [6.07, 6.45) is 2.35. The van der Waals surface area contributed by atoms with Crippen LogP contribution in [0.15, 0.2) is 24.3 Å². The third-order valence-electron chi connectivity index (χ3n) is 3.81. The van der Waals surface area contributed by atoms with Crippen LogP contribution in [0, 0.1) is 6.92 Å². The number of nitrogens with one attached hydrogen (secondary N) is 2. The van der Waals surface area contributed by atoms with Gasteiger partial charge in [0, 0.05) is 18.5 Å². The maximum Gasteiger partial charge on any atom is 0.234 e. The second-order valence-corrected chi connectivity index (χ2v) is 7.24. The Morgan fingerprint density at radius 2 is 2.04 bits per heavy atom. The van der Waals surface area contributed by atoms with E-state index < -0.39 is 0 Å². The molecule has 2 aromatic heterocycles. The Kier molecular flexibility index (Phi) is 5.89. The van der Waals surface area contributed by atoms with E-state index in [1.54, 1.807) is 4.52 Å². The van der Waals surface area contributed by atoms with Gasteiger partial charge in [-0.2, -0.15) is 9.61 Å². The van der Waals surface area contributed by atoms with Crippen molar-refractivity contribution in [3.05, 3.63) is 35.7 Å². The van der Waals surface area contributed by atoms with Gasteiger partial charge in [0.15, 0.2) is 10.9 Å². The molecule has 0 spiro atoms. The van der Waals surface area contributed by atoms with Gasteiger partial charge in [0.25, 0.3) is 0 Å². The Morgan fingerprint density at radius 1 is 1.27 bits per heavy atom. The van der Waals surface area contributed by atoms with Crippen LogP contribution < -0.4 is 10.6 Å². The van der Waals surface area contributed by atoms with E-state index in [2.05, 4.69) is 32.9 Å². The number of fused-ring (bicyclic) bond motifs is 1. The van der Waals surface area contributed by atoms with Crippen LogP contribution in [-0.2, 0) is 11.3 Å². The molecule has 7 nitrogen and oxygen atoms in total. The van der Waals surface area contributed by atoms with Crippen molar-refractivity contribution >= 4 is 39.5 Å². The van der Waals surface area contributed by atoms with E-state index in [0.717, 1.165) is 39.8 Å².